The second-order valence-corrected chi connectivity index (χ2v) is 6.08. The van der Waals surface area contributed by atoms with E-state index in [0.717, 1.165) is 36.0 Å². The Hall–Kier alpha value is -2.47. The van der Waals surface area contributed by atoms with Gasteiger partial charge in [0.05, 0.1) is 6.04 Å². The topological polar surface area (TPSA) is 64.4 Å². The Balaban J connectivity index is 1.73. The van der Waals surface area contributed by atoms with Gasteiger partial charge in [-0.15, -0.1) is 0 Å². The van der Waals surface area contributed by atoms with E-state index in [1.165, 1.54) is 6.07 Å². The first-order valence-electron chi connectivity index (χ1n) is 8.23. The van der Waals surface area contributed by atoms with E-state index in [2.05, 4.69) is 10.1 Å². The maximum absolute atomic E-state index is 12.5. The smallest absolute Gasteiger partial charge is 0.387 e. The molecule has 4 nitrogen and oxygen atoms in total. The predicted molar refractivity (Wildman–Crippen MR) is 90.3 cm³/mol. The third-order valence-corrected chi connectivity index (χ3v) is 4.41. The van der Waals surface area contributed by atoms with Gasteiger partial charge in [-0.3, -0.25) is 4.79 Å². The Labute approximate surface area is 145 Å². The van der Waals surface area contributed by atoms with Crippen LogP contribution in [0.2, 0.25) is 0 Å². The van der Waals surface area contributed by atoms with E-state index in [1.807, 2.05) is 30.3 Å². The molecule has 25 heavy (non-hydrogen) atoms. The van der Waals surface area contributed by atoms with Gasteiger partial charge in [0.1, 0.15) is 11.8 Å². The second kappa shape index (κ2) is 7.61. The molecular formula is C19H20F2N2O2. The number of benzene rings is 2. The maximum Gasteiger partial charge on any atom is 0.387 e. The molecule has 1 amide bonds. The summed E-state index contributed by atoms with van der Waals surface area (Å²) >= 11 is 0. The first kappa shape index (κ1) is 17.4. The van der Waals surface area contributed by atoms with Crippen LogP contribution in [0.15, 0.2) is 48.5 Å². The van der Waals surface area contributed by atoms with Crippen molar-refractivity contribution in [2.75, 3.05) is 0 Å². The van der Waals surface area contributed by atoms with Crippen molar-refractivity contribution in [3.05, 3.63) is 65.2 Å². The van der Waals surface area contributed by atoms with Crippen molar-refractivity contribution >= 4 is 5.91 Å². The number of aryl methyl sites for hydroxylation is 1. The maximum atomic E-state index is 12.5. The van der Waals surface area contributed by atoms with Gasteiger partial charge in [-0.2, -0.15) is 8.78 Å². The van der Waals surface area contributed by atoms with Gasteiger partial charge in [-0.1, -0.05) is 36.4 Å². The number of carbonyl (C=O) groups is 1. The lowest BCUT2D eigenvalue weighted by Crippen LogP contribution is -2.37. The zero-order valence-corrected chi connectivity index (χ0v) is 13.6. The summed E-state index contributed by atoms with van der Waals surface area (Å²) < 4.78 is 29.2. The number of ether oxygens (including phenoxy) is 1. The molecule has 2 aromatic carbocycles. The van der Waals surface area contributed by atoms with E-state index < -0.39 is 12.7 Å². The van der Waals surface area contributed by atoms with Gasteiger partial charge in [0.2, 0.25) is 5.91 Å². The number of carbonyl (C=O) groups excluding carboxylic acids is 1. The van der Waals surface area contributed by atoms with Gasteiger partial charge in [0, 0.05) is 0 Å². The van der Waals surface area contributed by atoms with Crippen molar-refractivity contribution in [1.82, 2.24) is 5.32 Å². The number of fused-ring (bicyclic) bond motifs is 1. The van der Waals surface area contributed by atoms with Crippen molar-refractivity contribution < 1.29 is 18.3 Å². The van der Waals surface area contributed by atoms with Gasteiger partial charge in [0.15, 0.2) is 0 Å². The lowest BCUT2D eigenvalue weighted by Gasteiger charge is -2.28. The van der Waals surface area contributed by atoms with Crippen LogP contribution in [-0.2, 0) is 11.2 Å². The molecule has 1 aliphatic rings. The Kier molecular flexibility index (Phi) is 5.28. The fourth-order valence-electron chi connectivity index (χ4n) is 3.19. The minimum Gasteiger partial charge on any atom is -0.435 e. The molecule has 0 spiro atoms. The standard InChI is InChI=1S/C19H20F2N2O2/c20-19(21)25-14-9-10-15-13(11-14)7-4-8-16(15)23-18(24)17(22)12-5-2-1-3-6-12/h1-3,5-6,9-11,16-17,19H,4,7-8,22H2,(H,23,24). The molecule has 0 saturated heterocycles. The fraction of sp³-hybridized carbons (Fsp3) is 0.316. The third kappa shape index (κ3) is 4.14. The highest BCUT2D eigenvalue weighted by atomic mass is 19.3. The van der Waals surface area contributed by atoms with E-state index in [9.17, 15) is 13.6 Å². The van der Waals surface area contributed by atoms with Crippen LogP contribution in [0.3, 0.4) is 0 Å². The largest absolute Gasteiger partial charge is 0.435 e. The predicted octanol–water partition coefficient (Wildman–Crippen LogP) is 3.48. The minimum absolute atomic E-state index is 0.140. The Morgan fingerprint density at radius 3 is 2.68 bits per heavy atom. The van der Waals surface area contributed by atoms with Gasteiger partial charge >= 0.3 is 6.61 Å². The Morgan fingerprint density at radius 1 is 1.20 bits per heavy atom. The summed E-state index contributed by atoms with van der Waals surface area (Å²) in [6.07, 6.45) is 2.42. The quantitative estimate of drug-likeness (QED) is 0.871. The number of halogens is 2. The molecule has 0 bridgehead atoms. The third-order valence-electron chi connectivity index (χ3n) is 4.41. The summed E-state index contributed by atoms with van der Waals surface area (Å²) in [5.74, 6) is -0.112. The number of nitrogens with two attached hydrogens (primary N) is 1. The van der Waals surface area contributed by atoms with Crippen LogP contribution in [0.5, 0.6) is 5.75 Å². The average molecular weight is 346 g/mol. The lowest BCUT2D eigenvalue weighted by molar-refractivity contribution is -0.123. The van der Waals surface area contributed by atoms with Crippen molar-refractivity contribution in [2.24, 2.45) is 5.73 Å². The number of alkyl halides is 2. The van der Waals surface area contributed by atoms with Crippen LogP contribution in [0.25, 0.3) is 0 Å². The van der Waals surface area contributed by atoms with Crippen molar-refractivity contribution in [3.63, 3.8) is 0 Å². The van der Waals surface area contributed by atoms with Crippen LogP contribution in [0.4, 0.5) is 8.78 Å². The highest BCUT2D eigenvalue weighted by molar-refractivity contribution is 5.83. The minimum atomic E-state index is -2.85. The first-order chi connectivity index (χ1) is 12.0. The van der Waals surface area contributed by atoms with Crippen molar-refractivity contribution in [1.29, 1.82) is 0 Å². The summed E-state index contributed by atoms with van der Waals surface area (Å²) in [6.45, 7) is -2.85. The van der Waals surface area contributed by atoms with Crippen LogP contribution in [0, 0.1) is 0 Å². The molecule has 0 radical (unpaired) electrons. The monoisotopic (exact) mass is 346 g/mol. The average Bonchev–Trinajstić information content (AvgIpc) is 2.61. The van der Waals surface area contributed by atoms with Gasteiger partial charge in [0.25, 0.3) is 0 Å². The number of hydrogen-bond acceptors (Lipinski definition) is 3. The molecule has 132 valence electrons. The molecule has 3 N–H and O–H groups in total. The highest BCUT2D eigenvalue weighted by Gasteiger charge is 2.25. The van der Waals surface area contributed by atoms with Gasteiger partial charge in [-0.25, -0.2) is 0 Å². The van der Waals surface area contributed by atoms with Crippen molar-refractivity contribution in [3.8, 4) is 5.75 Å². The molecular weight excluding hydrogens is 326 g/mol. The van der Waals surface area contributed by atoms with Crippen molar-refractivity contribution in [2.45, 2.75) is 38.0 Å². The number of amides is 1. The summed E-state index contributed by atoms with van der Waals surface area (Å²) in [5, 5.41) is 2.98. The van der Waals surface area contributed by atoms with Crippen LogP contribution < -0.4 is 15.8 Å². The molecule has 2 aromatic rings. The van der Waals surface area contributed by atoms with Gasteiger partial charge in [-0.05, 0) is 48.1 Å². The van der Waals surface area contributed by atoms with Crippen LogP contribution in [-0.4, -0.2) is 12.5 Å². The first-order valence-corrected chi connectivity index (χ1v) is 8.23. The number of nitrogens with one attached hydrogen (secondary N) is 1. The number of hydrogen-bond donors (Lipinski definition) is 2. The van der Waals surface area contributed by atoms with E-state index >= 15 is 0 Å². The zero-order valence-electron chi connectivity index (χ0n) is 13.6. The fourth-order valence-corrected chi connectivity index (χ4v) is 3.19. The van der Waals surface area contributed by atoms with Crippen LogP contribution in [0.1, 0.15) is 41.6 Å². The molecule has 1 aliphatic carbocycles. The Morgan fingerprint density at radius 2 is 1.96 bits per heavy atom. The van der Waals surface area contributed by atoms with Crippen LogP contribution >= 0.6 is 0 Å². The lowest BCUT2D eigenvalue weighted by atomic mass is 9.87. The molecule has 0 aromatic heterocycles. The molecule has 0 heterocycles. The summed E-state index contributed by atoms with van der Waals surface area (Å²) in [6, 6.07) is 13.1. The normalized spacial score (nSPS) is 17.7. The zero-order chi connectivity index (χ0) is 17.8. The molecule has 2 atom stereocenters. The van der Waals surface area contributed by atoms with E-state index in [-0.39, 0.29) is 17.7 Å². The molecule has 0 fully saturated rings. The second-order valence-electron chi connectivity index (χ2n) is 6.08. The number of rotatable bonds is 5. The molecule has 3 rings (SSSR count). The SMILES string of the molecule is NC(C(=O)NC1CCCc2cc(OC(F)F)ccc21)c1ccccc1. The van der Waals surface area contributed by atoms with Gasteiger partial charge < -0.3 is 15.8 Å². The molecule has 6 heteroatoms. The summed E-state index contributed by atoms with van der Waals surface area (Å²) in [7, 11) is 0. The van der Waals surface area contributed by atoms with E-state index in [1.54, 1.807) is 12.1 Å². The van der Waals surface area contributed by atoms with E-state index in [4.69, 9.17) is 5.73 Å². The summed E-state index contributed by atoms with van der Waals surface area (Å²) in [4.78, 5) is 12.5. The van der Waals surface area contributed by atoms with E-state index in [0.29, 0.717) is 0 Å². The Bertz CT molecular complexity index is 737. The molecule has 2 unspecified atom stereocenters. The summed E-state index contributed by atoms with van der Waals surface area (Å²) in [5.41, 5.74) is 8.64. The highest BCUT2D eigenvalue weighted by Crippen LogP contribution is 2.33. The molecule has 0 saturated carbocycles. The molecule has 0 aliphatic heterocycles.